The van der Waals surface area contributed by atoms with Crippen LogP contribution in [0.5, 0.6) is 0 Å². The van der Waals surface area contributed by atoms with Crippen molar-refractivity contribution in [3.05, 3.63) is 0 Å². The van der Waals surface area contributed by atoms with E-state index in [1.165, 1.54) is 0 Å². The molecule has 4 heteroatoms. The van der Waals surface area contributed by atoms with Crippen molar-refractivity contribution in [1.29, 1.82) is 5.41 Å². The summed E-state index contributed by atoms with van der Waals surface area (Å²) < 4.78 is 0. The maximum atomic E-state index is 7.28. The largest absolute Gasteiger partial charge is 0.387 e. The number of nitrogens with zero attached hydrogens (tertiary/aromatic N) is 2. The summed E-state index contributed by atoms with van der Waals surface area (Å²) in [5.41, 5.74) is 5.41. The molecule has 1 atom stereocenters. The maximum absolute atomic E-state index is 7.28. The van der Waals surface area contributed by atoms with Gasteiger partial charge in [-0.3, -0.25) is 5.41 Å². The second-order valence-electron chi connectivity index (χ2n) is 4.28. The number of hydrogen-bond acceptors (Lipinski definition) is 3. The predicted octanol–water partition coefficient (Wildman–Crippen LogP) is 0.442. The first kappa shape index (κ1) is 13.4. The van der Waals surface area contributed by atoms with Crippen molar-refractivity contribution < 1.29 is 0 Å². The van der Waals surface area contributed by atoms with Crippen LogP contribution in [0.1, 0.15) is 13.3 Å². The molecule has 0 saturated heterocycles. The van der Waals surface area contributed by atoms with Gasteiger partial charge in [-0.2, -0.15) is 0 Å². The van der Waals surface area contributed by atoms with Gasteiger partial charge < -0.3 is 15.5 Å². The van der Waals surface area contributed by atoms with E-state index in [4.69, 9.17) is 11.1 Å². The van der Waals surface area contributed by atoms with Gasteiger partial charge in [0, 0.05) is 12.5 Å². The molecule has 0 radical (unpaired) electrons. The molecule has 0 saturated carbocycles. The smallest absolute Gasteiger partial charge is 0.0947 e. The minimum atomic E-state index is 0.166. The fourth-order valence-electron chi connectivity index (χ4n) is 1.31. The average Bonchev–Trinajstić information content (AvgIpc) is 2.02. The number of nitrogens with two attached hydrogens (primary N) is 1. The Kier molecular flexibility index (Phi) is 6.49. The minimum absolute atomic E-state index is 0.166. The Morgan fingerprint density at radius 2 is 1.86 bits per heavy atom. The van der Waals surface area contributed by atoms with Crippen molar-refractivity contribution in [2.24, 2.45) is 11.7 Å². The normalized spacial score (nSPS) is 13.6. The van der Waals surface area contributed by atoms with Crippen LogP contribution in [0, 0.1) is 11.3 Å². The first-order valence-corrected chi connectivity index (χ1v) is 5.10. The highest BCUT2D eigenvalue weighted by Gasteiger charge is 2.08. The molecular weight excluding hydrogens is 176 g/mol. The number of rotatable bonds is 7. The van der Waals surface area contributed by atoms with Gasteiger partial charge in [-0.1, -0.05) is 6.92 Å². The molecule has 1 unspecified atom stereocenters. The average molecular weight is 200 g/mol. The van der Waals surface area contributed by atoms with Gasteiger partial charge in [0.1, 0.15) is 0 Å². The molecule has 0 aromatic heterocycles. The summed E-state index contributed by atoms with van der Waals surface area (Å²) in [5, 5.41) is 7.28. The predicted molar refractivity (Wildman–Crippen MR) is 61.7 cm³/mol. The highest BCUT2D eigenvalue weighted by molar-refractivity contribution is 5.79. The van der Waals surface area contributed by atoms with Crippen LogP contribution in [0.15, 0.2) is 0 Å². The third-order valence-corrected chi connectivity index (χ3v) is 2.26. The van der Waals surface area contributed by atoms with E-state index in [0.29, 0.717) is 0 Å². The Balaban J connectivity index is 3.55. The van der Waals surface area contributed by atoms with Crippen LogP contribution in [0.25, 0.3) is 0 Å². The van der Waals surface area contributed by atoms with Gasteiger partial charge >= 0.3 is 0 Å². The molecule has 0 rings (SSSR count). The lowest BCUT2D eigenvalue weighted by molar-refractivity contribution is 0.287. The van der Waals surface area contributed by atoms with E-state index in [1.54, 1.807) is 0 Å². The van der Waals surface area contributed by atoms with Crippen LogP contribution in [-0.4, -0.2) is 56.4 Å². The highest BCUT2D eigenvalue weighted by Crippen LogP contribution is 1.98. The molecule has 14 heavy (non-hydrogen) atoms. The second kappa shape index (κ2) is 6.79. The summed E-state index contributed by atoms with van der Waals surface area (Å²) in [4.78, 5) is 4.41. The zero-order valence-electron chi connectivity index (χ0n) is 9.88. The molecule has 0 aromatic rings. The molecule has 0 aliphatic rings. The van der Waals surface area contributed by atoms with E-state index in [0.717, 1.165) is 26.1 Å². The molecule has 0 spiro atoms. The van der Waals surface area contributed by atoms with Crippen LogP contribution in [-0.2, 0) is 0 Å². The quantitative estimate of drug-likeness (QED) is 0.463. The Morgan fingerprint density at radius 1 is 1.29 bits per heavy atom. The van der Waals surface area contributed by atoms with Crippen LogP contribution < -0.4 is 5.73 Å². The van der Waals surface area contributed by atoms with Gasteiger partial charge in [-0.25, -0.2) is 0 Å². The summed E-state index contributed by atoms with van der Waals surface area (Å²) in [6, 6.07) is 0. The Labute approximate surface area is 87.6 Å². The van der Waals surface area contributed by atoms with Crippen LogP contribution in [0.2, 0.25) is 0 Å². The van der Waals surface area contributed by atoms with Crippen molar-refractivity contribution in [1.82, 2.24) is 9.80 Å². The standard InChI is InChI=1S/C10H24N4/c1-9(10(11)12)8-14(4)7-5-6-13(2)3/h9H,5-8H2,1-4H3,(H3,11,12). The Morgan fingerprint density at radius 3 is 2.29 bits per heavy atom. The third kappa shape index (κ3) is 6.86. The van der Waals surface area contributed by atoms with Gasteiger partial charge in [0.2, 0.25) is 0 Å². The van der Waals surface area contributed by atoms with Gasteiger partial charge in [-0.05, 0) is 40.7 Å². The van der Waals surface area contributed by atoms with Crippen molar-refractivity contribution in [2.75, 3.05) is 40.8 Å². The molecule has 84 valence electrons. The summed E-state index contributed by atoms with van der Waals surface area (Å²) >= 11 is 0. The van der Waals surface area contributed by atoms with Gasteiger partial charge in [0.15, 0.2) is 0 Å². The van der Waals surface area contributed by atoms with E-state index in [9.17, 15) is 0 Å². The molecule has 0 heterocycles. The monoisotopic (exact) mass is 200 g/mol. The second-order valence-corrected chi connectivity index (χ2v) is 4.28. The minimum Gasteiger partial charge on any atom is -0.387 e. The van der Waals surface area contributed by atoms with Gasteiger partial charge in [-0.15, -0.1) is 0 Å². The zero-order valence-corrected chi connectivity index (χ0v) is 9.88. The molecular formula is C10H24N4. The summed E-state index contributed by atoms with van der Waals surface area (Å²) in [6.45, 7) is 5.04. The molecule has 0 aliphatic carbocycles. The molecule has 0 bridgehead atoms. The topological polar surface area (TPSA) is 56.4 Å². The molecule has 0 aromatic carbocycles. The Bertz CT molecular complexity index is 168. The highest BCUT2D eigenvalue weighted by atomic mass is 15.1. The van der Waals surface area contributed by atoms with E-state index in [1.807, 2.05) is 6.92 Å². The molecule has 0 amide bonds. The van der Waals surface area contributed by atoms with Crippen LogP contribution in [0.4, 0.5) is 0 Å². The number of nitrogens with one attached hydrogen (secondary N) is 1. The fraction of sp³-hybridized carbons (Fsp3) is 0.900. The van der Waals surface area contributed by atoms with Gasteiger partial charge in [0.25, 0.3) is 0 Å². The lowest BCUT2D eigenvalue weighted by Crippen LogP contribution is -2.33. The first-order valence-electron chi connectivity index (χ1n) is 5.10. The van der Waals surface area contributed by atoms with Crippen molar-refractivity contribution >= 4 is 5.84 Å². The van der Waals surface area contributed by atoms with E-state index in [-0.39, 0.29) is 11.8 Å². The molecule has 0 aliphatic heterocycles. The van der Waals surface area contributed by atoms with Crippen molar-refractivity contribution in [3.63, 3.8) is 0 Å². The van der Waals surface area contributed by atoms with Crippen LogP contribution >= 0.6 is 0 Å². The van der Waals surface area contributed by atoms with Crippen LogP contribution in [0.3, 0.4) is 0 Å². The maximum Gasteiger partial charge on any atom is 0.0947 e. The third-order valence-electron chi connectivity index (χ3n) is 2.26. The number of amidine groups is 1. The van der Waals surface area contributed by atoms with E-state index >= 15 is 0 Å². The summed E-state index contributed by atoms with van der Waals surface area (Å²) in [6.07, 6.45) is 1.16. The van der Waals surface area contributed by atoms with Crippen molar-refractivity contribution in [3.8, 4) is 0 Å². The zero-order chi connectivity index (χ0) is 11.1. The van der Waals surface area contributed by atoms with E-state index in [2.05, 4.69) is 30.9 Å². The molecule has 0 fully saturated rings. The summed E-state index contributed by atoms with van der Waals surface area (Å²) in [5.74, 6) is 0.448. The summed E-state index contributed by atoms with van der Waals surface area (Å²) in [7, 11) is 6.24. The SMILES string of the molecule is CC(CN(C)CCCN(C)C)C(=N)N. The van der Waals surface area contributed by atoms with Crippen molar-refractivity contribution in [2.45, 2.75) is 13.3 Å². The fourth-order valence-corrected chi connectivity index (χ4v) is 1.31. The lowest BCUT2D eigenvalue weighted by atomic mass is 10.1. The molecule has 4 nitrogen and oxygen atoms in total. The van der Waals surface area contributed by atoms with Gasteiger partial charge in [0.05, 0.1) is 5.84 Å². The van der Waals surface area contributed by atoms with E-state index < -0.39 is 0 Å². The molecule has 3 N–H and O–H groups in total. The number of hydrogen-bond donors (Lipinski definition) is 2. The first-order chi connectivity index (χ1) is 6.43. The lowest BCUT2D eigenvalue weighted by Gasteiger charge is -2.21. The Hall–Kier alpha value is -0.610.